The second-order valence-electron chi connectivity index (χ2n) is 3.10. The van der Waals surface area contributed by atoms with Gasteiger partial charge in [-0.25, -0.2) is 0 Å². The molecule has 0 aromatic heterocycles. The van der Waals surface area contributed by atoms with Crippen LogP contribution in [0.4, 0.5) is 0 Å². The maximum Gasteiger partial charge on any atom is 0.252 e. The average molecular weight is 366 g/mol. The van der Waals surface area contributed by atoms with Crippen LogP contribution in [0.5, 0.6) is 0 Å². The summed E-state index contributed by atoms with van der Waals surface area (Å²) in [6.07, 6.45) is 0.507. The first kappa shape index (κ1) is 13.6. The van der Waals surface area contributed by atoms with E-state index in [9.17, 15) is 4.79 Å². The fourth-order valence-corrected chi connectivity index (χ4v) is 1.96. The van der Waals surface area contributed by atoms with Crippen LogP contribution in [0.15, 0.2) is 27.1 Å². The van der Waals surface area contributed by atoms with Gasteiger partial charge in [-0.2, -0.15) is 0 Å². The molecule has 0 saturated heterocycles. The van der Waals surface area contributed by atoms with Crippen molar-refractivity contribution in [1.29, 1.82) is 0 Å². The van der Waals surface area contributed by atoms with Crippen LogP contribution < -0.4 is 11.1 Å². The highest BCUT2D eigenvalue weighted by atomic mass is 79.9. The summed E-state index contributed by atoms with van der Waals surface area (Å²) in [6, 6.07) is 5.42. The minimum atomic E-state index is -0.149. The number of hydrogen-bond donors (Lipinski definition) is 2. The van der Waals surface area contributed by atoms with E-state index in [0.717, 1.165) is 8.95 Å². The zero-order chi connectivity index (χ0) is 12.1. The topological polar surface area (TPSA) is 55.1 Å². The van der Waals surface area contributed by atoms with Gasteiger partial charge in [0.1, 0.15) is 0 Å². The highest BCUT2D eigenvalue weighted by Gasteiger charge is 2.09. The Morgan fingerprint density at radius 3 is 2.75 bits per heavy atom. The summed E-state index contributed by atoms with van der Waals surface area (Å²) in [5, 5.41) is 2.74. The number of carbonyl (C=O) groups is 1. The van der Waals surface area contributed by atoms with E-state index in [1.54, 1.807) is 6.07 Å². The molecule has 0 bridgehead atoms. The van der Waals surface area contributed by atoms with Gasteiger partial charge < -0.3 is 11.1 Å². The average Bonchev–Trinajstić information content (AvgIpc) is 2.21. The van der Waals surface area contributed by atoms with E-state index in [1.807, 2.05) is 12.1 Å². The molecule has 0 spiro atoms. The van der Waals surface area contributed by atoms with Gasteiger partial charge in [0.05, 0.1) is 10.6 Å². The Hall–Kier alpha value is -0.460. The Labute approximate surface area is 116 Å². The van der Waals surface area contributed by atoms with E-state index in [0.29, 0.717) is 23.5 Å². The minimum absolute atomic E-state index is 0.149. The Bertz CT molecular complexity index is 423. The number of benzene rings is 1. The monoisotopic (exact) mass is 364 g/mol. The lowest BCUT2D eigenvalue weighted by atomic mass is 10.2. The van der Waals surface area contributed by atoms with Crippen molar-refractivity contribution in [3.05, 3.63) is 32.7 Å². The Kier molecular flexibility index (Phi) is 5.37. The first-order chi connectivity index (χ1) is 7.50. The Morgan fingerprint density at radius 2 is 2.12 bits per heavy atom. The van der Waals surface area contributed by atoms with E-state index in [-0.39, 0.29) is 5.91 Å². The number of nitrogens with one attached hydrogen (secondary N) is 1. The van der Waals surface area contributed by atoms with Crippen LogP contribution in [0.25, 0.3) is 0 Å². The molecular formula is C10H10Br2N2OS. The van der Waals surface area contributed by atoms with Gasteiger partial charge in [-0.05, 0) is 34.1 Å². The number of carbonyl (C=O) groups excluding carboxylic acids is 1. The van der Waals surface area contributed by atoms with Crippen LogP contribution in [0, 0.1) is 0 Å². The van der Waals surface area contributed by atoms with Gasteiger partial charge >= 0.3 is 0 Å². The molecule has 0 unspecified atom stereocenters. The molecule has 0 aliphatic carbocycles. The lowest BCUT2D eigenvalue weighted by molar-refractivity contribution is 0.0954. The van der Waals surface area contributed by atoms with Crippen molar-refractivity contribution in [3.63, 3.8) is 0 Å². The van der Waals surface area contributed by atoms with Gasteiger partial charge in [-0.3, -0.25) is 4.79 Å². The molecular weight excluding hydrogens is 356 g/mol. The molecule has 0 aliphatic heterocycles. The Morgan fingerprint density at radius 1 is 1.44 bits per heavy atom. The predicted molar refractivity (Wildman–Crippen MR) is 75.6 cm³/mol. The zero-order valence-electron chi connectivity index (χ0n) is 8.30. The van der Waals surface area contributed by atoms with Crippen LogP contribution in [0.3, 0.4) is 0 Å². The van der Waals surface area contributed by atoms with Crippen molar-refractivity contribution in [1.82, 2.24) is 5.32 Å². The number of halogens is 2. The number of nitrogens with two attached hydrogens (primary N) is 1. The van der Waals surface area contributed by atoms with Gasteiger partial charge in [-0.15, -0.1) is 0 Å². The molecule has 0 saturated carbocycles. The van der Waals surface area contributed by atoms with E-state index >= 15 is 0 Å². The number of thiocarbonyl (C=S) groups is 1. The van der Waals surface area contributed by atoms with Crippen LogP contribution >= 0.6 is 44.1 Å². The maximum absolute atomic E-state index is 11.8. The largest absolute Gasteiger partial charge is 0.393 e. The van der Waals surface area contributed by atoms with Crippen LogP contribution in [0.2, 0.25) is 0 Å². The van der Waals surface area contributed by atoms with Gasteiger partial charge in [0.2, 0.25) is 0 Å². The second kappa shape index (κ2) is 6.32. The van der Waals surface area contributed by atoms with Crippen LogP contribution in [-0.2, 0) is 0 Å². The quantitative estimate of drug-likeness (QED) is 0.806. The highest BCUT2D eigenvalue weighted by Crippen LogP contribution is 2.21. The van der Waals surface area contributed by atoms with E-state index in [4.69, 9.17) is 18.0 Å². The summed E-state index contributed by atoms with van der Waals surface area (Å²) in [5.41, 5.74) is 5.92. The molecule has 0 heterocycles. The van der Waals surface area contributed by atoms with Gasteiger partial charge in [0, 0.05) is 21.9 Å². The molecule has 3 nitrogen and oxygen atoms in total. The molecule has 1 rings (SSSR count). The smallest absolute Gasteiger partial charge is 0.252 e. The van der Waals surface area contributed by atoms with Crippen molar-refractivity contribution in [2.45, 2.75) is 6.42 Å². The van der Waals surface area contributed by atoms with E-state index < -0.39 is 0 Å². The molecule has 16 heavy (non-hydrogen) atoms. The molecule has 3 N–H and O–H groups in total. The zero-order valence-corrected chi connectivity index (χ0v) is 12.3. The molecule has 1 amide bonds. The molecule has 0 radical (unpaired) electrons. The third-order valence-corrected chi connectivity index (χ3v) is 3.22. The fourth-order valence-electron chi connectivity index (χ4n) is 1.07. The summed E-state index contributed by atoms with van der Waals surface area (Å²) in [6.45, 7) is 0.452. The normalized spacial score (nSPS) is 9.88. The summed E-state index contributed by atoms with van der Waals surface area (Å²) >= 11 is 11.4. The third kappa shape index (κ3) is 4.19. The third-order valence-electron chi connectivity index (χ3n) is 1.83. The summed E-state index contributed by atoms with van der Waals surface area (Å²) in [7, 11) is 0. The lowest BCUT2D eigenvalue weighted by Gasteiger charge is -2.06. The first-order valence-corrected chi connectivity index (χ1v) is 6.51. The predicted octanol–water partition coefficient (Wildman–Crippen LogP) is 2.62. The molecule has 6 heteroatoms. The van der Waals surface area contributed by atoms with Crippen molar-refractivity contribution < 1.29 is 4.79 Å². The number of hydrogen-bond acceptors (Lipinski definition) is 2. The summed E-state index contributed by atoms with van der Waals surface area (Å²) < 4.78 is 1.61. The molecule has 0 fully saturated rings. The van der Waals surface area contributed by atoms with Gasteiger partial charge in [-0.1, -0.05) is 28.1 Å². The van der Waals surface area contributed by atoms with Gasteiger partial charge in [0.15, 0.2) is 0 Å². The summed E-state index contributed by atoms with van der Waals surface area (Å²) in [5.74, 6) is -0.149. The van der Waals surface area contributed by atoms with Crippen molar-refractivity contribution >= 4 is 55.0 Å². The van der Waals surface area contributed by atoms with E-state index in [2.05, 4.69) is 37.2 Å². The SMILES string of the molecule is NC(=S)CCNC(=O)c1cc(Br)ccc1Br. The van der Waals surface area contributed by atoms with Crippen molar-refractivity contribution in [3.8, 4) is 0 Å². The number of amides is 1. The fraction of sp³-hybridized carbons (Fsp3) is 0.200. The lowest BCUT2D eigenvalue weighted by Crippen LogP contribution is -2.27. The molecule has 1 aromatic carbocycles. The highest BCUT2D eigenvalue weighted by molar-refractivity contribution is 9.11. The summed E-state index contributed by atoms with van der Waals surface area (Å²) in [4.78, 5) is 12.2. The molecule has 0 aliphatic rings. The molecule has 0 atom stereocenters. The van der Waals surface area contributed by atoms with Crippen LogP contribution in [-0.4, -0.2) is 17.4 Å². The second-order valence-corrected chi connectivity index (χ2v) is 5.39. The van der Waals surface area contributed by atoms with Crippen LogP contribution in [0.1, 0.15) is 16.8 Å². The van der Waals surface area contributed by atoms with Crippen molar-refractivity contribution in [2.24, 2.45) is 5.73 Å². The van der Waals surface area contributed by atoms with Crippen molar-refractivity contribution in [2.75, 3.05) is 6.54 Å². The van der Waals surface area contributed by atoms with Gasteiger partial charge in [0.25, 0.3) is 5.91 Å². The molecule has 1 aromatic rings. The van der Waals surface area contributed by atoms with E-state index in [1.165, 1.54) is 0 Å². The maximum atomic E-state index is 11.8. The Balaban J connectivity index is 2.65. The standard InChI is InChI=1S/C10H10Br2N2OS/c11-6-1-2-8(12)7(5-6)10(15)14-4-3-9(13)16/h1-2,5H,3-4H2,(H2,13,16)(H,14,15). The first-order valence-electron chi connectivity index (χ1n) is 4.52. The molecule has 86 valence electrons. The number of rotatable bonds is 4. The minimum Gasteiger partial charge on any atom is -0.393 e.